The normalized spacial score (nSPS) is 11.3. The van der Waals surface area contributed by atoms with E-state index in [2.05, 4.69) is 10.6 Å². The molecule has 0 fully saturated rings. The van der Waals surface area contributed by atoms with E-state index in [4.69, 9.17) is 21.1 Å². The van der Waals surface area contributed by atoms with Crippen LogP contribution in [0, 0.1) is 0 Å². The summed E-state index contributed by atoms with van der Waals surface area (Å²) >= 11 is 5.91. The first-order valence-corrected chi connectivity index (χ1v) is 13.2. The lowest BCUT2D eigenvalue weighted by Crippen LogP contribution is -2.33. The summed E-state index contributed by atoms with van der Waals surface area (Å²) in [7, 11) is 1.36. The molecule has 0 aliphatic rings. The molecule has 200 valence electrons. The van der Waals surface area contributed by atoms with Crippen LogP contribution in [0.15, 0.2) is 103 Å². The molecule has 1 atom stereocenters. The van der Waals surface area contributed by atoms with Crippen molar-refractivity contribution in [3.05, 3.63) is 125 Å². The number of nitrogens with one attached hydrogen (secondary N) is 2. The number of hydrogen-bond acceptors (Lipinski definition) is 6. The SMILES string of the molecule is COC(=O)[C@H](Cc1ccc(OCCCNc2ccc(Cl)cc2)cc1)Nc1ccccc1C(=O)c1ccccc1. The summed E-state index contributed by atoms with van der Waals surface area (Å²) in [5, 5.41) is 7.28. The molecule has 39 heavy (non-hydrogen) atoms. The number of anilines is 2. The van der Waals surface area contributed by atoms with Crippen molar-refractivity contribution in [2.75, 3.05) is 30.9 Å². The quantitative estimate of drug-likeness (QED) is 0.112. The van der Waals surface area contributed by atoms with Gasteiger partial charge in [-0.05, 0) is 60.5 Å². The van der Waals surface area contributed by atoms with Crippen molar-refractivity contribution in [1.82, 2.24) is 0 Å². The van der Waals surface area contributed by atoms with Crippen LogP contribution < -0.4 is 15.4 Å². The van der Waals surface area contributed by atoms with Crippen LogP contribution in [0.1, 0.15) is 27.9 Å². The molecule has 0 amide bonds. The molecule has 0 bridgehead atoms. The van der Waals surface area contributed by atoms with Gasteiger partial charge in [-0.3, -0.25) is 4.79 Å². The summed E-state index contributed by atoms with van der Waals surface area (Å²) in [4.78, 5) is 25.8. The Labute approximate surface area is 233 Å². The Morgan fingerprint density at radius 1 is 0.846 bits per heavy atom. The molecule has 0 aromatic heterocycles. The monoisotopic (exact) mass is 542 g/mol. The lowest BCUT2D eigenvalue weighted by molar-refractivity contribution is -0.141. The van der Waals surface area contributed by atoms with Gasteiger partial charge in [0.25, 0.3) is 0 Å². The first-order chi connectivity index (χ1) is 19.0. The number of para-hydroxylation sites is 1. The van der Waals surface area contributed by atoms with Crippen molar-refractivity contribution in [2.45, 2.75) is 18.9 Å². The molecule has 0 heterocycles. The van der Waals surface area contributed by atoms with Crippen molar-refractivity contribution < 1.29 is 19.1 Å². The minimum absolute atomic E-state index is 0.118. The molecule has 0 unspecified atom stereocenters. The topological polar surface area (TPSA) is 76.7 Å². The van der Waals surface area contributed by atoms with Crippen LogP contribution in [0.2, 0.25) is 5.02 Å². The Bertz CT molecular complexity index is 1360. The minimum Gasteiger partial charge on any atom is -0.494 e. The molecule has 4 rings (SSSR count). The van der Waals surface area contributed by atoms with Crippen LogP contribution in [0.4, 0.5) is 11.4 Å². The summed E-state index contributed by atoms with van der Waals surface area (Å²) < 4.78 is 10.9. The zero-order chi connectivity index (χ0) is 27.5. The smallest absolute Gasteiger partial charge is 0.328 e. The van der Waals surface area contributed by atoms with Gasteiger partial charge in [0, 0.05) is 40.5 Å². The van der Waals surface area contributed by atoms with Crippen LogP contribution in [0.5, 0.6) is 5.75 Å². The second kappa shape index (κ2) is 14.0. The summed E-state index contributed by atoms with van der Waals surface area (Å²) in [6, 6.07) is 30.8. The van der Waals surface area contributed by atoms with Crippen LogP contribution in [-0.4, -0.2) is 38.1 Å². The molecule has 0 aliphatic heterocycles. The highest BCUT2D eigenvalue weighted by Crippen LogP contribution is 2.22. The van der Waals surface area contributed by atoms with E-state index < -0.39 is 12.0 Å². The molecular formula is C32H31ClN2O4. The van der Waals surface area contributed by atoms with Gasteiger partial charge in [0.05, 0.1) is 13.7 Å². The van der Waals surface area contributed by atoms with Crippen LogP contribution in [0.3, 0.4) is 0 Å². The number of ether oxygens (including phenoxy) is 2. The van der Waals surface area contributed by atoms with Crippen molar-refractivity contribution in [1.29, 1.82) is 0 Å². The average molecular weight is 543 g/mol. The molecule has 2 N–H and O–H groups in total. The summed E-state index contributed by atoms with van der Waals surface area (Å²) in [5.74, 6) is 0.226. The number of benzene rings is 4. The van der Waals surface area contributed by atoms with Crippen LogP contribution in [-0.2, 0) is 16.0 Å². The van der Waals surface area contributed by atoms with E-state index in [0.717, 1.165) is 30.0 Å². The molecule has 4 aromatic carbocycles. The largest absolute Gasteiger partial charge is 0.494 e. The predicted molar refractivity (Wildman–Crippen MR) is 156 cm³/mol. The number of esters is 1. The standard InChI is InChI=1S/C32H31ClN2O4/c1-38-32(37)30(35-29-11-6-5-10-28(29)31(36)24-8-3-2-4-9-24)22-23-12-18-27(19-13-23)39-21-7-20-34-26-16-14-25(33)15-17-26/h2-6,8-19,30,34-35H,7,20-22H2,1H3/t30-/m0/s1. The lowest BCUT2D eigenvalue weighted by atomic mass is 10.00. The molecular weight excluding hydrogens is 512 g/mol. The Hall–Kier alpha value is -4.29. The van der Waals surface area contributed by atoms with Gasteiger partial charge < -0.3 is 20.1 Å². The van der Waals surface area contributed by atoms with Gasteiger partial charge in [-0.2, -0.15) is 0 Å². The summed E-state index contributed by atoms with van der Waals surface area (Å²) in [6.07, 6.45) is 1.21. The maximum absolute atomic E-state index is 13.1. The summed E-state index contributed by atoms with van der Waals surface area (Å²) in [6.45, 7) is 1.35. The first-order valence-electron chi connectivity index (χ1n) is 12.8. The maximum atomic E-state index is 13.1. The molecule has 0 saturated carbocycles. The third-order valence-electron chi connectivity index (χ3n) is 6.15. The van der Waals surface area contributed by atoms with Crippen molar-refractivity contribution in [3.63, 3.8) is 0 Å². The second-order valence-corrected chi connectivity index (χ2v) is 9.38. The van der Waals surface area contributed by atoms with E-state index >= 15 is 0 Å². The van der Waals surface area contributed by atoms with Gasteiger partial charge in [-0.1, -0.05) is 66.2 Å². The third kappa shape index (κ3) is 8.09. The van der Waals surface area contributed by atoms with Crippen LogP contribution >= 0.6 is 11.6 Å². The fourth-order valence-corrected chi connectivity index (χ4v) is 4.22. The first kappa shape index (κ1) is 27.7. The number of carbonyl (C=O) groups is 2. The Morgan fingerprint density at radius 2 is 1.54 bits per heavy atom. The van der Waals surface area contributed by atoms with Gasteiger partial charge in [0.1, 0.15) is 11.8 Å². The highest BCUT2D eigenvalue weighted by atomic mass is 35.5. The van der Waals surface area contributed by atoms with E-state index in [1.807, 2.05) is 72.8 Å². The van der Waals surface area contributed by atoms with Gasteiger partial charge >= 0.3 is 5.97 Å². The van der Waals surface area contributed by atoms with Gasteiger partial charge in [-0.25, -0.2) is 4.79 Å². The van der Waals surface area contributed by atoms with Crippen molar-refractivity contribution >= 4 is 34.7 Å². The third-order valence-corrected chi connectivity index (χ3v) is 6.40. The van der Waals surface area contributed by atoms with E-state index in [9.17, 15) is 9.59 Å². The fraction of sp³-hybridized carbons (Fsp3) is 0.188. The number of hydrogen-bond donors (Lipinski definition) is 2. The molecule has 7 heteroatoms. The fourth-order valence-electron chi connectivity index (χ4n) is 4.10. The molecule has 6 nitrogen and oxygen atoms in total. The maximum Gasteiger partial charge on any atom is 0.328 e. The van der Waals surface area contributed by atoms with E-state index in [1.165, 1.54) is 7.11 Å². The van der Waals surface area contributed by atoms with Gasteiger partial charge in [0.2, 0.25) is 0 Å². The van der Waals surface area contributed by atoms with E-state index in [-0.39, 0.29) is 5.78 Å². The molecule has 4 aromatic rings. The predicted octanol–water partition coefficient (Wildman–Crippen LogP) is 6.65. The molecule has 0 spiro atoms. The molecule has 0 saturated heterocycles. The van der Waals surface area contributed by atoms with E-state index in [0.29, 0.717) is 34.9 Å². The highest BCUT2D eigenvalue weighted by Gasteiger charge is 2.22. The number of rotatable bonds is 13. The Kier molecular flexibility index (Phi) is 9.98. The zero-order valence-electron chi connectivity index (χ0n) is 21.7. The Morgan fingerprint density at radius 3 is 2.26 bits per heavy atom. The van der Waals surface area contributed by atoms with Crippen molar-refractivity contribution in [3.8, 4) is 5.75 Å². The number of halogens is 1. The zero-order valence-corrected chi connectivity index (χ0v) is 22.5. The summed E-state index contributed by atoms with van der Waals surface area (Å²) in [5.41, 5.74) is 3.60. The lowest BCUT2D eigenvalue weighted by Gasteiger charge is -2.20. The second-order valence-electron chi connectivity index (χ2n) is 8.94. The Balaban J connectivity index is 1.34. The number of ketones is 1. The average Bonchev–Trinajstić information content (AvgIpc) is 2.98. The highest BCUT2D eigenvalue weighted by molar-refractivity contribution is 6.30. The van der Waals surface area contributed by atoms with Gasteiger partial charge in [-0.15, -0.1) is 0 Å². The molecule has 0 aliphatic carbocycles. The van der Waals surface area contributed by atoms with Gasteiger partial charge in [0.15, 0.2) is 5.78 Å². The minimum atomic E-state index is -0.676. The number of methoxy groups -OCH3 is 1. The van der Waals surface area contributed by atoms with Crippen LogP contribution in [0.25, 0.3) is 0 Å². The van der Waals surface area contributed by atoms with Crippen molar-refractivity contribution in [2.24, 2.45) is 0 Å². The van der Waals surface area contributed by atoms with E-state index in [1.54, 1.807) is 30.3 Å². The number of carbonyl (C=O) groups excluding carboxylic acids is 2. The molecule has 0 radical (unpaired) electrons.